The summed E-state index contributed by atoms with van der Waals surface area (Å²) in [5.41, 5.74) is 5.26. The van der Waals surface area contributed by atoms with Crippen molar-refractivity contribution < 1.29 is 19.4 Å². The molecule has 1 aromatic heterocycles. The number of fused-ring (bicyclic) bond motifs is 3. The van der Waals surface area contributed by atoms with Crippen LogP contribution in [0, 0.1) is 12.8 Å². The molecule has 0 spiro atoms. The van der Waals surface area contributed by atoms with E-state index in [1.54, 1.807) is 6.20 Å². The highest BCUT2D eigenvalue weighted by molar-refractivity contribution is 6.04. The van der Waals surface area contributed by atoms with Crippen molar-refractivity contribution in [3.8, 4) is 0 Å². The fraction of sp³-hybridized carbons (Fsp3) is 0.486. The molecule has 41 heavy (non-hydrogen) atoms. The summed E-state index contributed by atoms with van der Waals surface area (Å²) >= 11 is 0. The van der Waals surface area contributed by atoms with Crippen molar-refractivity contribution in [3.05, 3.63) is 94.8 Å². The summed E-state index contributed by atoms with van der Waals surface area (Å²) in [6.45, 7) is 3.78. The van der Waals surface area contributed by atoms with Gasteiger partial charge in [-0.05, 0) is 112 Å². The lowest BCUT2D eigenvalue weighted by Gasteiger charge is -2.50. The SMILES string of the molecule is Cc1ncccc1NC(=O)c1ccc2c(c1)CCC[C@@H]1C[C@](O)(COC3CCOCC3)CC[C@]21Cc1ccccc1. The number of benzene rings is 2. The molecule has 1 aliphatic heterocycles. The maximum absolute atomic E-state index is 13.3. The molecule has 3 aliphatic rings. The Bertz CT molecular complexity index is 1360. The van der Waals surface area contributed by atoms with E-state index in [1.807, 2.05) is 25.1 Å². The van der Waals surface area contributed by atoms with E-state index in [2.05, 4.69) is 52.8 Å². The standard InChI is InChI=1S/C35H42N2O4/c1-25-32(11-6-18-36-25)37-33(38)28-12-13-31-27(21-28)9-5-10-29-23-34(39,24-41-30-14-19-40-20-15-30)16-17-35(29,31)22-26-7-3-2-4-8-26/h2-4,6-8,11-13,18,21,29-30,39H,5,9-10,14-17,19-20,22-24H2,1H3,(H,37,38)/t29-,34+,35-/m1/s1. The van der Waals surface area contributed by atoms with Crippen LogP contribution in [0.2, 0.25) is 0 Å². The highest BCUT2D eigenvalue weighted by Gasteiger charge is 2.51. The van der Waals surface area contributed by atoms with Crippen molar-refractivity contribution >= 4 is 11.6 Å². The Balaban J connectivity index is 1.29. The number of pyridine rings is 1. The van der Waals surface area contributed by atoms with Crippen molar-refractivity contribution in [1.29, 1.82) is 0 Å². The highest BCUT2D eigenvalue weighted by atomic mass is 16.5. The molecule has 2 aliphatic carbocycles. The number of hydrogen-bond donors (Lipinski definition) is 2. The number of aryl methyl sites for hydroxylation is 2. The molecular formula is C35H42N2O4. The minimum absolute atomic E-state index is 0.0902. The molecule has 6 heteroatoms. The van der Waals surface area contributed by atoms with E-state index in [1.165, 1.54) is 16.7 Å². The zero-order valence-electron chi connectivity index (χ0n) is 24.1. The lowest BCUT2D eigenvalue weighted by atomic mass is 9.56. The minimum Gasteiger partial charge on any atom is -0.387 e. The molecule has 0 unspecified atom stereocenters. The number of nitrogens with one attached hydrogen (secondary N) is 1. The fourth-order valence-electron chi connectivity index (χ4n) is 7.46. The Morgan fingerprint density at radius 3 is 2.71 bits per heavy atom. The van der Waals surface area contributed by atoms with Gasteiger partial charge in [-0.3, -0.25) is 9.78 Å². The summed E-state index contributed by atoms with van der Waals surface area (Å²) in [5, 5.41) is 14.9. The van der Waals surface area contributed by atoms with E-state index in [9.17, 15) is 9.90 Å². The number of nitrogens with zero attached hydrogens (tertiary/aromatic N) is 1. The first kappa shape index (κ1) is 28.1. The van der Waals surface area contributed by atoms with Crippen molar-refractivity contribution in [2.75, 3.05) is 25.1 Å². The summed E-state index contributed by atoms with van der Waals surface area (Å²) in [6.07, 6.45) is 10.0. The maximum Gasteiger partial charge on any atom is 0.255 e. The highest BCUT2D eigenvalue weighted by Crippen LogP contribution is 2.53. The molecule has 2 aromatic carbocycles. The Labute approximate surface area is 243 Å². The fourth-order valence-corrected chi connectivity index (χ4v) is 7.46. The molecule has 1 saturated carbocycles. The summed E-state index contributed by atoms with van der Waals surface area (Å²) in [5.74, 6) is 0.226. The van der Waals surface area contributed by atoms with E-state index < -0.39 is 5.60 Å². The monoisotopic (exact) mass is 554 g/mol. The molecule has 216 valence electrons. The number of aromatic nitrogens is 1. The molecule has 3 aromatic rings. The zero-order valence-corrected chi connectivity index (χ0v) is 24.1. The summed E-state index contributed by atoms with van der Waals surface area (Å²) in [6, 6.07) is 20.8. The number of rotatable bonds is 7. The topological polar surface area (TPSA) is 80.7 Å². The first-order valence-electron chi connectivity index (χ1n) is 15.3. The van der Waals surface area contributed by atoms with Crippen LogP contribution in [0.5, 0.6) is 0 Å². The number of carbonyl (C=O) groups is 1. The number of carbonyl (C=O) groups excluding carboxylic acids is 1. The molecule has 2 N–H and O–H groups in total. The molecule has 1 amide bonds. The number of amides is 1. The van der Waals surface area contributed by atoms with E-state index in [0.717, 1.165) is 76.0 Å². The molecule has 0 bridgehead atoms. The van der Waals surface area contributed by atoms with Crippen LogP contribution in [0.15, 0.2) is 66.9 Å². The first-order valence-corrected chi connectivity index (χ1v) is 15.3. The minimum atomic E-state index is -0.810. The van der Waals surface area contributed by atoms with Crippen LogP contribution in [0.25, 0.3) is 0 Å². The second kappa shape index (κ2) is 12.0. The smallest absolute Gasteiger partial charge is 0.255 e. The second-order valence-corrected chi connectivity index (χ2v) is 12.4. The molecular weight excluding hydrogens is 512 g/mol. The third kappa shape index (κ3) is 6.11. The van der Waals surface area contributed by atoms with Gasteiger partial charge in [0.2, 0.25) is 0 Å². The van der Waals surface area contributed by atoms with Crippen LogP contribution in [-0.4, -0.2) is 47.5 Å². The number of aliphatic hydroxyl groups is 1. The average molecular weight is 555 g/mol. The van der Waals surface area contributed by atoms with E-state index in [-0.39, 0.29) is 17.4 Å². The van der Waals surface area contributed by atoms with Gasteiger partial charge in [0.15, 0.2) is 0 Å². The van der Waals surface area contributed by atoms with Crippen molar-refractivity contribution in [1.82, 2.24) is 4.98 Å². The Morgan fingerprint density at radius 2 is 1.90 bits per heavy atom. The second-order valence-electron chi connectivity index (χ2n) is 12.4. The van der Waals surface area contributed by atoms with Gasteiger partial charge >= 0.3 is 0 Å². The van der Waals surface area contributed by atoms with Crippen LogP contribution in [0.3, 0.4) is 0 Å². The van der Waals surface area contributed by atoms with Gasteiger partial charge in [-0.15, -0.1) is 0 Å². The lowest BCUT2D eigenvalue weighted by molar-refractivity contribution is -0.129. The van der Waals surface area contributed by atoms with Crippen molar-refractivity contribution in [2.45, 2.75) is 81.8 Å². The lowest BCUT2D eigenvalue weighted by Crippen LogP contribution is -2.51. The van der Waals surface area contributed by atoms with Gasteiger partial charge in [-0.25, -0.2) is 0 Å². The molecule has 0 radical (unpaired) electrons. The van der Waals surface area contributed by atoms with Gasteiger partial charge in [0, 0.05) is 30.4 Å². The van der Waals surface area contributed by atoms with Gasteiger partial charge in [-0.2, -0.15) is 0 Å². The largest absolute Gasteiger partial charge is 0.387 e. The summed E-state index contributed by atoms with van der Waals surface area (Å²) < 4.78 is 11.8. The van der Waals surface area contributed by atoms with E-state index in [0.29, 0.717) is 24.5 Å². The molecule has 3 atom stereocenters. The van der Waals surface area contributed by atoms with Gasteiger partial charge < -0.3 is 19.9 Å². The van der Waals surface area contributed by atoms with Crippen LogP contribution >= 0.6 is 0 Å². The summed E-state index contributed by atoms with van der Waals surface area (Å²) in [7, 11) is 0. The van der Waals surface area contributed by atoms with Crippen molar-refractivity contribution in [2.24, 2.45) is 5.92 Å². The van der Waals surface area contributed by atoms with Crippen LogP contribution in [-0.2, 0) is 27.7 Å². The predicted octanol–water partition coefficient (Wildman–Crippen LogP) is 6.19. The first-order chi connectivity index (χ1) is 19.9. The number of hydrogen-bond acceptors (Lipinski definition) is 5. The van der Waals surface area contributed by atoms with Crippen molar-refractivity contribution in [3.63, 3.8) is 0 Å². The van der Waals surface area contributed by atoms with Crippen LogP contribution in [0.4, 0.5) is 5.69 Å². The number of ether oxygens (including phenoxy) is 2. The average Bonchev–Trinajstić information content (AvgIpc) is 3.14. The molecule has 6 rings (SSSR count). The third-order valence-electron chi connectivity index (χ3n) is 9.72. The zero-order chi connectivity index (χ0) is 28.3. The number of anilines is 1. The van der Waals surface area contributed by atoms with Crippen LogP contribution in [0.1, 0.15) is 77.7 Å². The normalized spacial score (nSPS) is 26.4. The van der Waals surface area contributed by atoms with Gasteiger partial charge in [0.1, 0.15) is 0 Å². The van der Waals surface area contributed by atoms with Gasteiger partial charge in [0.05, 0.1) is 29.7 Å². The maximum atomic E-state index is 13.3. The Morgan fingerprint density at radius 1 is 1.07 bits per heavy atom. The van der Waals surface area contributed by atoms with E-state index in [4.69, 9.17) is 9.47 Å². The third-order valence-corrected chi connectivity index (χ3v) is 9.72. The van der Waals surface area contributed by atoms with Gasteiger partial charge in [0.25, 0.3) is 5.91 Å². The molecule has 6 nitrogen and oxygen atoms in total. The predicted molar refractivity (Wildman–Crippen MR) is 160 cm³/mol. The molecule has 2 fully saturated rings. The van der Waals surface area contributed by atoms with Gasteiger partial charge in [-0.1, -0.05) is 36.4 Å². The van der Waals surface area contributed by atoms with E-state index >= 15 is 0 Å². The Hall–Kier alpha value is -3.06. The van der Waals surface area contributed by atoms with Crippen LogP contribution < -0.4 is 5.32 Å². The quantitative estimate of drug-likeness (QED) is 0.364. The summed E-state index contributed by atoms with van der Waals surface area (Å²) in [4.78, 5) is 17.6. The Kier molecular flexibility index (Phi) is 8.25. The molecule has 2 heterocycles. The molecule has 1 saturated heterocycles.